The third-order valence-electron chi connectivity index (χ3n) is 1.40. The van der Waals surface area contributed by atoms with E-state index in [1.54, 1.807) is 24.3 Å². The molecular formula is C11H11NO. The SMILES string of the molecule is C=C.CC(=O)c1cccc(C#N)c1. The van der Waals surface area contributed by atoms with E-state index in [0.717, 1.165) is 0 Å². The number of nitrogens with zero attached hydrogens (tertiary/aromatic N) is 1. The average Bonchev–Trinajstić information content (AvgIpc) is 2.21. The number of benzene rings is 1. The second kappa shape index (κ2) is 5.73. The van der Waals surface area contributed by atoms with Crippen molar-refractivity contribution in [2.45, 2.75) is 6.92 Å². The quantitative estimate of drug-likeness (QED) is 0.483. The minimum absolute atomic E-state index is 0.0119. The lowest BCUT2D eigenvalue weighted by Gasteiger charge is -1.93. The summed E-state index contributed by atoms with van der Waals surface area (Å²) in [5, 5.41) is 8.48. The molecule has 13 heavy (non-hydrogen) atoms. The smallest absolute Gasteiger partial charge is 0.159 e. The van der Waals surface area contributed by atoms with Gasteiger partial charge >= 0.3 is 0 Å². The minimum atomic E-state index is -0.0119. The Morgan fingerprint density at radius 3 is 2.54 bits per heavy atom. The number of nitriles is 1. The predicted molar refractivity (Wildman–Crippen MR) is 52.4 cm³/mol. The summed E-state index contributed by atoms with van der Waals surface area (Å²) >= 11 is 0. The normalized spacial score (nSPS) is 7.69. The number of carbonyl (C=O) groups excluding carboxylic acids is 1. The fourth-order valence-corrected chi connectivity index (χ4v) is 0.808. The highest BCUT2D eigenvalue weighted by Crippen LogP contribution is 2.03. The molecule has 0 saturated heterocycles. The van der Waals surface area contributed by atoms with Crippen LogP contribution in [0.5, 0.6) is 0 Å². The molecule has 0 aliphatic carbocycles. The Morgan fingerprint density at radius 2 is 2.08 bits per heavy atom. The molecule has 66 valence electrons. The molecule has 0 saturated carbocycles. The lowest BCUT2D eigenvalue weighted by molar-refractivity contribution is 0.101. The number of carbonyl (C=O) groups is 1. The zero-order valence-corrected chi connectivity index (χ0v) is 7.58. The highest BCUT2D eigenvalue weighted by atomic mass is 16.1. The van der Waals surface area contributed by atoms with Gasteiger partial charge < -0.3 is 0 Å². The van der Waals surface area contributed by atoms with Gasteiger partial charge in [0.05, 0.1) is 11.6 Å². The Labute approximate surface area is 78.1 Å². The van der Waals surface area contributed by atoms with E-state index in [0.29, 0.717) is 11.1 Å². The molecule has 0 aliphatic rings. The summed E-state index contributed by atoms with van der Waals surface area (Å²) in [4.78, 5) is 10.8. The second-order valence-corrected chi connectivity index (χ2v) is 2.25. The summed E-state index contributed by atoms with van der Waals surface area (Å²) in [5.41, 5.74) is 1.11. The van der Waals surface area contributed by atoms with E-state index in [1.807, 2.05) is 6.07 Å². The van der Waals surface area contributed by atoms with Gasteiger partial charge in [0.15, 0.2) is 5.78 Å². The Bertz CT molecular complexity index is 336. The van der Waals surface area contributed by atoms with E-state index < -0.39 is 0 Å². The van der Waals surface area contributed by atoms with Crippen LogP contribution in [0.15, 0.2) is 37.4 Å². The zero-order chi connectivity index (χ0) is 10.3. The van der Waals surface area contributed by atoms with Crippen LogP contribution in [0.3, 0.4) is 0 Å². The van der Waals surface area contributed by atoms with Crippen molar-refractivity contribution >= 4 is 5.78 Å². The molecule has 0 N–H and O–H groups in total. The fraction of sp³-hybridized carbons (Fsp3) is 0.0909. The Hall–Kier alpha value is -1.88. The molecule has 0 bridgehead atoms. The van der Waals surface area contributed by atoms with E-state index in [2.05, 4.69) is 13.2 Å². The van der Waals surface area contributed by atoms with Crippen LogP contribution in [0.25, 0.3) is 0 Å². The summed E-state index contributed by atoms with van der Waals surface area (Å²) in [6.07, 6.45) is 0. The molecule has 0 unspecified atom stereocenters. The molecule has 2 nitrogen and oxygen atoms in total. The number of hydrogen-bond acceptors (Lipinski definition) is 2. The van der Waals surface area contributed by atoms with Gasteiger partial charge in [-0.15, -0.1) is 13.2 Å². The van der Waals surface area contributed by atoms with Crippen LogP contribution in [0, 0.1) is 11.3 Å². The van der Waals surface area contributed by atoms with Crippen molar-refractivity contribution in [3.8, 4) is 6.07 Å². The molecule has 0 amide bonds. The second-order valence-electron chi connectivity index (χ2n) is 2.25. The molecule has 0 radical (unpaired) electrons. The van der Waals surface area contributed by atoms with Crippen molar-refractivity contribution in [2.24, 2.45) is 0 Å². The minimum Gasteiger partial charge on any atom is -0.295 e. The van der Waals surface area contributed by atoms with Crippen molar-refractivity contribution in [1.82, 2.24) is 0 Å². The van der Waals surface area contributed by atoms with Gasteiger partial charge in [0.25, 0.3) is 0 Å². The van der Waals surface area contributed by atoms with Gasteiger partial charge in [0, 0.05) is 5.56 Å². The van der Waals surface area contributed by atoms with Gasteiger partial charge in [0.2, 0.25) is 0 Å². The van der Waals surface area contributed by atoms with Crippen molar-refractivity contribution in [3.05, 3.63) is 48.6 Å². The highest BCUT2D eigenvalue weighted by molar-refractivity contribution is 5.94. The lowest BCUT2D eigenvalue weighted by Crippen LogP contribution is -1.91. The molecule has 1 aromatic carbocycles. The molecule has 1 aromatic rings. The number of Topliss-reactive ketones (excluding diaryl/α,β-unsaturated/α-hetero) is 1. The van der Waals surface area contributed by atoms with Gasteiger partial charge in [-0.3, -0.25) is 4.79 Å². The monoisotopic (exact) mass is 173 g/mol. The summed E-state index contributed by atoms with van der Waals surface area (Å²) < 4.78 is 0. The van der Waals surface area contributed by atoms with Crippen LogP contribution >= 0.6 is 0 Å². The van der Waals surface area contributed by atoms with Crippen molar-refractivity contribution < 1.29 is 4.79 Å². The van der Waals surface area contributed by atoms with Gasteiger partial charge in [-0.2, -0.15) is 5.26 Å². The topological polar surface area (TPSA) is 40.9 Å². The van der Waals surface area contributed by atoms with Gasteiger partial charge in [-0.25, -0.2) is 0 Å². The van der Waals surface area contributed by atoms with Crippen molar-refractivity contribution in [2.75, 3.05) is 0 Å². The molecule has 0 fully saturated rings. The Balaban J connectivity index is 0.000000671. The summed E-state index contributed by atoms with van der Waals surface area (Å²) in [7, 11) is 0. The van der Waals surface area contributed by atoms with Crippen molar-refractivity contribution in [3.63, 3.8) is 0 Å². The maximum Gasteiger partial charge on any atom is 0.159 e. The first-order valence-electron chi connectivity index (χ1n) is 3.75. The largest absolute Gasteiger partial charge is 0.295 e. The fourth-order valence-electron chi connectivity index (χ4n) is 0.808. The first-order chi connectivity index (χ1) is 6.24. The summed E-state index contributed by atoms with van der Waals surface area (Å²) in [6, 6.07) is 8.63. The first kappa shape index (κ1) is 11.1. The standard InChI is InChI=1S/C9H7NO.C2H4/c1-7(11)9-4-2-3-8(5-9)6-10;1-2/h2-5H,1H3;1-2H2. The average molecular weight is 173 g/mol. The van der Waals surface area contributed by atoms with E-state index in [-0.39, 0.29) is 5.78 Å². The van der Waals surface area contributed by atoms with Crippen molar-refractivity contribution in [1.29, 1.82) is 5.26 Å². The maximum atomic E-state index is 10.8. The third-order valence-corrected chi connectivity index (χ3v) is 1.40. The molecule has 0 atom stereocenters. The van der Waals surface area contributed by atoms with Crippen LogP contribution in [0.1, 0.15) is 22.8 Å². The molecular weight excluding hydrogens is 162 g/mol. The first-order valence-corrected chi connectivity index (χ1v) is 3.75. The molecule has 1 rings (SSSR count). The zero-order valence-electron chi connectivity index (χ0n) is 7.58. The van der Waals surface area contributed by atoms with Crippen LogP contribution in [0.4, 0.5) is 0 Å². The maximum absolute atomic E-state index is 10.8. The van der Waals surface area contributed by atoms with Gasteiger partial charge in [-0.05, 0) is 19.1 Å². The summed E-state index contributed by atoms with van der Waals surface area (Å²) in [5.74, 6) is -0.0119. The molecule has 0 spiro atoms. The van der Waals surface area contributed by atoms with E-state index in [4.69, 9.17) is 5.26 Å². The highest BCUT2D eigenvalue weighted by Gasteiger charge is 1.98. The van der Waals surface area contributed by atoms with Crippen LogP contribution in [-0.2, 0) is 0 Å². The van der Waals surface area contributed by atoms with E-state index in [1.165, 1.54) is 6.92 Å². The number of hydrogen-bond donors (Lipinski definition) is 0. The molecule has 0 aromatic heterocycles. The lowest BCUT2D eigenvalue weighted by atomic mass is 10.1. The van der Waals surface area contributed by atoms with E-state index in [9.17, 15) is 4.79 Å². The van der Waals surface area contributed by atoms with Crippen LogP contribution < -0.4 is 0 Å². The van der Waals surface area contributed by atoms with Crippen LogP contribution in [-0.4, -0.2) is 5.78 Å². The molecule has 2 heteroatoms. The molecule has 0 aliphatic heterocycles. The number of ketones is 1. The van der Waals surface area contributed by atoms with Gasteiger partial charge in [-0.1, -0.05) is 12.1 Å². The Morgan fingerprint density at radius 1 is 1.46 bits per heavy atom. The Kier molecular flexibility index (Phi) is 4.90. The van der Waals surface area contributed by atoms with E-state index >= 15 is 0 Å². The summed E-state index contributed by atoms with van der Waals surface area (Å²) in [6.45, 7) is 7.48. The molecule has 0 heterocycles. The van der Waals surface area contributed by atoms with Crippen LogP contribution in [0.2, 0.25) is 0 Å². The third kappa shape index (κ3) is 3.35. The number of rotatable bonds is 1. The predicted octanol–water partition coefficient (Wildman–Crippen LogP) is 2.56. The van der Waals surface area contributed by atoms with Gasteiger partial charge in [0.1, 0.15) is 0 Å².